The molecule has 0 aliphatic carbocycles. The van der Waals surface area contributed by atoms with Crippen LogP contribution in [0.25, 0.3) is 5.76 Å². The molecule has 3 aromatic rings. The standard InChI is InChI=1S/C27H26N2O5S/c1-5-13-34-20-8-6-7-19(14-20)22-21(23(31)18-11-9-15(2)10-12-18)24(32)26(33)29(22)27-28-16(3)25(35-27)17(4)30/h6-12,14,22,31H,5,13H2,1-4H3/b23-21+. The monoisotopic (exact) mass is 490 g/mol. The van der Waals surface area contributed by atoms with E-state index in [1.807, 2.05) is 26.0 Å². The lowest BCUT2D eigenvalue weighted by atomic mass is 9.95. The number of carbonyl (C=O) groups is 3. The highest BCUT2D eigenvalue weighted by Gasteiger charge is 2.48. The Balaban J connectivity index is 1.92. The molecule has 0 saturated carbocycles. The van der Waals surface area contributed by atoms with Crippen LogP contribution in [-0.2, 0) is 9.59 Å². The molecule has 1 aliphatic rings. The second-order valence-electron chi connectivity index (χ2n) is 8.42. The van der Waals surface area contributed by atoms with Gasteiger partial charge in [0.25, 0.3) is 5.78 Å². The Morgan fingerprint density at radius 2 is 1.86 bits per heavy atom. The number of aryl methyl sites for hydroxylation is 2. The third-order valence-corrected chi connectivity index (χ3v) is 6.98. The fourth-order valence-corrected chi connectivity index (χ4v) is 5.01. The second-order valence-corrected chi connectivity index (χ2v) is 9.40. The smallest absolute Gasteiger partial charge is 0.301 e. The van der Waals surface area contributed by atoms with Gasteiger partial charge in [-0.3, -0.25) is 19.3 Å². The third-order valence-electron chi connectivity index (χ3n) is 5.73. The minimum Gasteiger partial charge on any atom is -0.507 e. The van der Waals surface area contributed by atoms with Gasteiger partial charge in [-0.15, -0.1) is 0 Å². The predicted octanol–water partition coefficient (Wildman–Crippen LogP) is 5.38. The van der Waals surface area contributed by atoms with Crippen LogP contribution >= 0.6 is 11.3 Å². The maximum absolute atomic E-state index is 13.3. The normalized spacial score (nSPS) is 17.1. The van der Waals surface area contributed by atoms with Gasteiger partial charge >= 0.3 is 5.91 Å². The van der Waals surface area contributed by atoms with Crippen LogP contribution in [0.15, 0.2) is 54.1 Å². The molecule has 2 aromatic carbocycles. The summed E-state index contributed by atoms with van der Waals surface area (Å²) >= 11 is 1.06. The van der Waals surface area contributed by atoms with Gasteiger partial charge in [-0.05, 0) is 38.0 Å². The molecule has 1 saturated heterocycles. The Labute approximate surface area is 207 Å². The average molecular weight is 491 g/mol. The molecule has 1 N–H and O–H groups in total. The van der Waals surface area contributed by atoms with Crippen LogP contribution in [0.4, 0.5) is 5.13 Å². The number of ether oxygens (including phenoxy) is 1. The number of hydrogen-bond donors (Lipinski definition) is 1. The number of anilines is 1. The molecule has 1 amide bonds. The van der Waals surface area contributed by atoms with E-state index in [1.165, 1.54) is 11.8 Å². The summed E-state index contributed by atoms with van der Waals surface area (Å²) in [6.45, 7) is 7.55. The molecule has 35 heavy (non-hydrogen) atoms. The van der Waals surface area contributed by atoms with E-state index < -0.39 is 17.7 Å². The van der Waals surface area contributed by atoms with Crippen molar-refractivity contribution in [3.8, 4) is 5.75 Å². The number of amides is 1. The molecule has 1 aromatic heterocycles. The van der Waals surface area contributed by atoms with Crippen LogP contribution in [-0.4, -0.2) is 34.2 Å². The molecule has 4 rings (SSSR count). The van der Waals surface area contributed by atoms with Gasteiger partial charge in [0.1, 0.15) is 11.5 Å². The van der Waals surface area contributed by atoms with Crippen molar-refractivity contribution in [3.63, 3.8) is 0 Å². The van der Waals surface area contributed by atoms with E-state index in [1.54, 1.807) is 43.3 Å². The average Bonchev–Trinajstić information content (AvgIpc) is 3.35. The zero-order valence-corrected chi connectivity index (χ0v) is 20.8. The summed E-state index contributed by atoms with van der Waals surface area (Å²) in [6, 6.07) is 13.2. The van der Waals surface area contributed by atoms with Gasteiger partial charge in [0.15, 0.2) is 10.9 Å². The topological polar surface area (TPSA) is 96.8 Å². The molecule has 0 radical (unpaired) electrons. The lowest BCUT2D eigenvalue weighted by molar-refractivity contribution is -0.132. The first-order chi connectivity index (χ1) is 16.7. The molecular weight excluding hydrogens is 464 g/mol. The largest absolute Gasteiger partial charge is 0.507 e. The molecular formula is C27H26N2O5S. The van der Waals surface area contributed by atoms with E-state index >= 15 is 0 Å². The quantitative estimate of drug-likeness (QED) is 0.207. The van der Waals surface area contributed by atoms with Crippen LogP contribution in [0.5, 0.6) is 5.75 Å². The molecule has 1 atom stereocenters. The van der Waals surface area contributed by atoms with Crippen molar-refractivity contribution in [3.05, 3.63) is 81.4 Å². The maximum atomic E-state index is 13.3. The summed E-state index contributed by atoms with van der Waals surface area (Å²) < 4.78 is 5.77. The number of aliphatic hydroxyl groups is 1. The van der Waals surface area contributed by atoms with Crippen LogP contribution in [0, 0.1) is 13.8 Å². The minimum atomic E-state index is -0.938. The van der Waals surface area contributed by atoms with Crippen molar-refractivity contribution in [1.29, 1.82) is 0 Å². The first-order valence-corrected chi connectivity index (χ1v) is 12.1. The van der Waals surface area contributed by atoms with E-state index in [2.05, 4.69) is 4.98 Å². The number of aliphatic hydroxyl groups excluding tert-OH is 1. The number of thiazole rings is 1. The van der Waals surface area contributed by atoms with E-state index in [0.717, 1.165) is 23.3 Å². The predicted molar refractivity (Wildman–Crippen MR) is 135 cm³/mol. The molecule has 180 valence electrons. The van der Waals surface area contributed by atoms with Crippen LogP contribution in [0.1, 0.15) is 58.4 Å². The molecule has 0 spiro atoms. The first kappa shape index (κ1) is 24.3. The highest BCUT2D eigenvalue weighted by Crippen LogP contribution is 2.44. The van der Waals surface area contributed by atoms with E-state index in [0.29, 0.717) is 34.1 Å². The van der Waals surface area contributed by atoms with E-state index in [9.17, 15) is 19.5 Å². The molecule has 8 heteroatoms. The number of nitrogens with zero attached hydrogens (tertiary/aromatic N) is 2. The van der Waals surface area contributed by atoms with Crippen molar-refractivity contribution in [2.45, 2.75) is 40.2 Å². The number of aromatic nitrogens is 1. The number of rotatable bonds is 7. The summed E-state index contributed by atoms with van der Waals surface area (Å²) in [5.41, 5.74) is 2.45. The van der Waals surface area contributed by atoms with Crippen molar-refractivity contribution in [2.75, 3.05) is 11.5 Å². The summed E-state index contributed by atoms with van der Waals surface area (Å²) in [5, 5.41) is 11.5. The summed E-state index contributed by atoms with van der Waals surface area (Å²) in [5.74, 6) is -1.48. The minimum absolute atomic E-state index is 0.0382. The van der Waals surface area contributed by atoms with Crippen molar-refractivity contribution in [2.24, 2.45) is 0 Å². The number of benzene rings is 2. The second kappa shape index (κ2) is 9.84. The van der Waals surface area contributed by atoms with Gasteiger partial charge in [0, 0.05) is 12.5 Å². The number of ketones is 2. The van der Waals surface area contributed by atoms with Crippen LogP contribution in [0.3, 0.4) is 0 Å². The summed E-state index contributed by atoms with van der Waals surface area (Å²) in [6.07, 6.45) is 0.822. The van der Waals surface area contributed by atoms with Crippen molar-refractivity contribution >= 4 is 39.7 Å². The maximum Gasteiger partial charge on any atom is 0.301 e. The molecule has 1 fully saturated rings. The number of carbonyl (C=O) groups excluding carboxylic acids is 3. The Hall–Kier alpha value is -3.78. The van der Waals surface area contributed by atoms with E-state index in [4.69, 9.17) is 4.74 Å². The lowest BCUT2D eigenvalue weighted by Crippen LogP contribution is -2.29. The Kier molecular flexibility index (Phi) is 6.84. The molecule has 1 unspecified atom stereocenters. The summed E-state index contributed by atoms with van der Waals surface area (Å²) in [4.78, 5) is 44.8. The van der Waals surface area contributed by atoms with Gasteiger partial charge in [0.05, 0.1) is 28.8 Å². The zero-order valence-electron chi connectivity index (χ0n) is 20.0. The van der Waals surface area contributed by atoms with Gasteiger partial charge in [-0.2, -0.15) is 0 Å². The molecule has 0 bridgehead atoms. The number of Topliss-reactive ketones (excluding diaryl/α,β-unsaturated/α-hetero) is 2. The Morgan fingerprint density at radius 1 is 1.14 bits per heavy atom. The van der Waals surface area contributed by atoms with Gasteiger partial charge < -0.3 is 9.84 Å². The SMILES string of the molecule is CCCOc1cccc(C2/C(=C(\O)c3ccc(C)cc3)C(=O)C(=O)N2c2nc(C)c(C(C)=O)s2)c1. The zero-order chi connectivity index (χ0) is 25.3. The highest BCUT2D eigenvalue weighted by atomic mass is 32.1. The van der Waals surface area contributed by atoms with Crippen LogP contribution in [0.2, 0.25) is 0 Å². The molecule has 2 heterocycles. The van der Waals surface area contributed by atoms with Gasteiger partial charge in [-0.1, -0.05) is 60.2 Å². The lowest BCUT2D eigenvalue weighted by Gasteiger charge is -2.23. The molecule has 1 aliphatic heterocycles. The Bertz CT molecular complexity index is 1340. The van der Waals surface area contributed by atoms with Gasteiger partial charge in [0.2, 0.25) is 0 Å². The highest BCUT2D eigenvalue weighted by molar-refractivity contribution is 7.18. The fourth-order valence-electron chi connectivity index (χ4n) is 4.02. The molecule has 7 nitrogen and oxygen atoms in total. The van der Waals surface area contributed by atoms with Crippen molar-refractivity contribution in [1.82, 2.24) is 4.98 Å². The fraction of sp³-hybridized carbons (Fsp3) is 0.259. The number of hydrogen-bond acceptors (Lipinski definition) is 7. The first-order valence-electron chi connectivity index (χ1n) is 11.3. The van der Waals surface area contributed by atoms with Crippen molar-refractivity contribution < 1.29 is 24.2 Å². The Morgan fingerprint density at radius 3 is 2.49 bits per heavy atom. The van der Waals surface area contributed by atoms with E-state index in [-0.39, 0.29) is 22.2 Å². The van der Waals surface area contributed by atoms with Crippen LogP contribution < -0.4 is 9.64 Å². The summed E-state index contributed by atoms with van der Waals surface area (Å²) in [7, 11) is 0. The third kappa shape index (κ3) is 4.61. The van der Waals surface area contributed by atoms with Gasteiger partial charge in [-0.25, -0.2) is 4.98 Å².